The number of rotatable bonds is 32. The van der Waals surface area contributed by atoms with Crippen molar-refractivity contribution in [3.8, 4) is 0 Å². The number of allylic oxidation sites excluding steroid dienone is 4. The predicted molar refractivity (Wildman–Crippen MR) is 565 cm³/mol. The maximum Gasteiger partial charge on any atom is 0.306 e. The van der Waals surface area contributed by atoms with Crippen LogP contribution in [-0.4, -0.2) is 132 Å². The number of carbonyl (C=O) groups excluding carboxylic acids is 8. The number of esters is 1. The molecule has 0 amide bonds. The summed E-state index contributed by atoms with van der Waals surface area (Å²) in [7, 11) is 0. The number of Topliss-reactive ketones (excluding diaryl/α,β-unsaturated/α-hetero) is 2. The first-order chi connectivity index (χ1) is 67.9. The van der Waals surface area contributed by atoms with E-state index in [0.717, 1.165) is 182 Å². The number of aldehydes is 5. The molecule has 1 saturated heterocycles. The third-order valence-electron chi connectivity index (χ3n) is 47.8. The number of aliphatic hydroxyl groups excluding tert-OH is 3. The third kappa shape index (κ3) is 22.4. The lowest BCUT2D eigenvalue weighted by molar-refractivity contribution is -0.173. The summed E-state index contributed by atoms with van der Waals surface area (Å²) in [5, 5.41) is 69.1. The molecule has 7 N–H and O–H groups in total. The highest BCUT2D eigenvalue weighted by atomic mass is 16.6. The molecule has 0 spiro atoms. The molecule has 14 unspecified atom stereocenters. The third-order valence-corrected chi connectivity index (χ3v) is 47.8. The van der Waals surface area contributed by atoms with Crippen LogP contribution in [0, 0.1) is 214 Å². The number of cyclic esters (lactones) is 1. The summed E-state index contributed by atoms with van der Waals surface area (Å²) in [6.45, 7) is 44.0. The number of ketones is 2. The molecule has 1 heterocycles. The van der Waals surface area contributed by atoms with Gasteiger partial charge < -0.3 is 59.7 Å². The number of fused-ring (bicyclic) bond motifs is 13. The fourth-order valence-corrected chi connectivity index (χ4v) is 39.9. The van der Waals surface area contributed by atoms with Gasteiger partial charge in [-0.2, -0.15) is 0 Å². The van der Waals surface area contributed by atoms with E-state index in [4.69, 9.17) is 20.1 Å². The normalized spacial score (nSPS) is 44.8. The van der Waals surface area contributed by atoms with E-state index >= 15 is 0 Å². The zero-order chi connectivity index (χ0) is 105. The molecule has 40 atom stereocenters. The molecule has 17 rings (SSSR count). The number of hydrogen-bond donors (Lipinski definition) is 7. The van der Waals surface area contributed by atoms with Crippen LogP contribution in [0.1, 0.15) is 446 Å². The number of hydrogen-bond acceptors (Lipinski definition) is 16. The molecule has 19 heteroatoms. The van der Waals surface area contributed by atoms with Crippen molar-refractivity contribution in [1.29, 1.82) is 0 Å². The molecular weight excluding hydrogens is 1810 g/mol. The Bertz CT molecular complexity index is 4510. The highest BCUT2D eigenvalue weighted by molar-refractivity contribution is 5.87. The Morgan fingerprint density at radius 2 is 0.806 bits per heavy atom. The van der Waals surface area contributed by atoms with Gasteiger partial charge >= 0.3 is 23.9 Å². The van der Waals surface area contributed by atoms with Crippen LogP contribution in [-0.2, 0) is 57.5 Å². The van der Waals surface area contributed by atoms with Crippen LogP contribution in [0.3, 0.4) is 0 Å². The predicted octanol–water partition coefficient (Wildman–Crippen LogP) is 26.1. The fourth-order valence-electron chi connectivity index (χ4n) is 39.9. The van der Waals surface area contributed by atoms with Crippen molar-refractivity contribution in [3.63, 3.8) is 0 Å². The van der Waals surface area contributed by atoms with Crippen molar-refractivity contribution in [2.45, 2.75) is 476 Å². The number of carbonyl (C=O) groups is 11. The van der Waals surface area contributed by atoms with Crippen molar-refractivity contribution >= 4 is 66.9 Å². The molecule has 0 aromatic heterocycles. The van der Waals surface area contributed by atoms with Crippen molar-refractivity contribution in [1.82, 2.24) is 0 Å². The molecule has 14 saturated carbocycles. The van der Waals surface area contributed by atoms with Gasteiger partial charge in [0, 0.05) is 91.8 Å². The summed E-state index contributed by atoms with van der Waals surface area (Å²) >= 11 is 0. The largest absolute Gasteiger partial charge is 0.481 e. The van der Waals surface area contributed by atoms with E-state index in [1.54, 1.807) is 0 Å². The monoisotopic (exact) mass is 2010 g/mol. The van der Waals surface area contributed by atoms with E-state index in [2.05, 4.69) is 137 Å². The number of carboxylic acids is 3. The summed E-state index contributed by atoms with van der Waals surface area (Å²) in [6, 6.07) is 0. The molecule has 0 radical (unpaired) electrons. The zero-order valence-corrected chi connectivity index (χ0v) is 93.1. The molecule has 0 aromatic carbocycles. The van der Waals surface area contributed by atoms with Gasteiger partial charge in [-0.15, -0.1) is 0 Å². The maximum absolute atomic E-state index is 13.0. The van der Waals surface area contributed by atoms with Crippen LogP contribution in [0.2, 0.25) is 0 Å². The second kappa shape index (κ2) is 46.8. The highest BCUT2D eigenvalue weighted by Crippen LogP contribution is 2.76. The standard InChI is InChI=1S/C27H46O3.C27H42O.2C24H38O5.C23H36O5/c1-19(2)9-8-10-20(3)22-12-13-23-21(15-18-28)24(14-17-26(22,23)4)27(5)16-7-6-11-25(29)30-27;1-18(2)9-8-10-19(3)21-12-13-23-25-20(17-28)22-11-6-7-15-26(22,4)24(25)14-16-27(21,23)5;1-14(4-7-20(27)28)16-5-6-17-21-18(9-10-22(16,17)2)23(3)11-8-15(26)12-24(23,29)19(21)13-25;1-15(4-7-22(28)29)18-5-6-19-17(10-13-25)20(9-12-23(18,19)2)24(3)11-8-16(26)14-21(24)27;1-14(4-7-21(27)28)17-5-6-18-16(13-24)19(9-11-22(17,18)2)23(3)10-8-15(25)12-20(23)26/h18-24H,6-17H2,1-5H3;6,11,17-19,21,23-25H,7-10,12-16H2,1-5H3;13-19,21,26,29H,4-12H2,1-3H3,(H,27,28);13,15-20,26H,4-12,14H2,1-3H3,(H,28,29);13-19,25H,4-12H2,1-3H3,(H,27,28)/t20-,21+,22-,23?,24?,26-,27-;19-,21-,23?,24?,25?,26+,27-;14-,15+,16-,17?,18?,19-,21?,22-,23-,24-;15-,16+,17?,18-,19?,20?,23-,24-;14-,15+,16?,17-,18?,19?,22-,23-/m11111/s1. The molecule has 17 aliphatic rings. The molecule has 0 bridgehead atoms. The first-order valence-electron chi connectivity index (χ1n) is 59.2. The van der Waals surface area contributed by atoms with Gasteiger partial charge in [0.05, 0.1) is 23.9 Å². The van der Waals surface area contributed by atoms with Crippen molar-refractivity contribution in [2.75, 3.05) is 0 Å². The van der Waals surface area contributed by atoms with Crippen molar-refractivity contribution in [3.05, 3.63) is 23.3 Å². The van der Waals surface area contributed by atoms with E-state index in [-0.39, 0.29) is 118 Å². The molecule has 16 aliphatic carbocycles. The average Bonchev–Trinajstić information content (AvgIpc) is 1.51. The molecule has 15 fully saturated rings. The van der Waals surface area contributed by atoms with E-state index in [1.807, 2.05) is 6.92 Å². The maximum atomic E-state index is 13.0. The Kier molecular flexibility index (Phi) is 37.7. The quantitative estimate of drug-likeness (QED) is 0.0243. The van der Waals surface area contributed by atoms with Crippen LogP contribution in [0.5, 0.6) is 0 Å². The van der Waals surface area contributed by atoms with Crippen LogP contribution in [0.4, 0.5) is 0 Å². The van der Waals surface area contributed by atoms with E-state index < -0.39 is 58.6 Å². The number of ether oxygens (including phenoxy) is 1. The van der Waals surface area contributed by atoms with E-state index in [1.165, 1.54) is 114 Å². The van der Waals surface area contributed by atoms with Crippen LogP contribution in [0.25, 0.3) is 0 Å². The van der Waals surface area contributed by atoms with Crippen molar-refractivity contribution < 1.29 is 93.2 Å². The Morgan fingerprint density at radius 3 is 1.26 bits per heavy atom. The van der Waals surface area contributed by atoms with Gasteiger partial charge in [0.25, 0.3) is 0 Å². The van der Waals surface area contributed by atoms with Crippen LogP contribution in [0.15, 0.2) is 23.3 Å². The Balaban J connectivity index is 0.000000151. The van der Waals surface area contributed by atoms with Crippen molar-refractivity contribution in [2.24, 2.45) is 214 Å². The number of aliphatic carboxylic acids is 3. The lowest BCUT2D eigenvalue weighted by Crippen LogP contribution is -2.54. The lowest BCUT2D eigenvalue weighted by atomic mass is 9.49. The van der Waals surface area contributed by atoms with Crippen LogP contribution < -0.4 is 0 Å². The van der Waals surface area contributed by atoms with Gasteiger partial charge in [-0.3, -0.25) is 33.6 Å². The Hall–Kier alpha value is -5.11. The molecular formula is C125H200O19. The lowest BCUT2D eigenvalue weighted by Gasteiger charge is -2.54. The summed E-state index contributed by atoms with van der Waals surface area (Å²) in [5.74, 6) is 10.2. The average molecular weight is 2010 g/mol. The first-order valence-corrected chi connectivity index (χ1v) is 59.2. The smallest absolute Gasteiger partial charge is 0.306 e. The van der Waals surface area contributed by atoms with Gasteiger partial charge in [-0.05, 0) is 417 Å². The second-order valence-electron chi connectivity index (χ2n) is 55.7. The van der Waals surface area contributed by atoms with Crippen LogP contribution >= 0.6 is 0 Å². The molecule has 144 heavy (non-hydrogen) atoms. The SMILES string of the molecule is CC(C)CCC[C@@H](C)[C@H]1CCC2C3C(C=O)=C4C=CCC[C@]4(C)C3CC[C@@]21C.CC(C)CCC[C@@H](C)[C@H]1CCC2[C@H](CC=O)C([C@@]3(C)CCCCC(=O)O3)CC[C@@]21C.C[C@H](CCC(=O)O)[C@H]1CCC2C(C=O)C([C@@]3(C)CC[C@H](O)CC3=O)CC[C@@]21C.C[C@H](CCC(=O)O)[C@H]1CCC2C(CC=O)C([C@@]3(C)CC[C@H](O)CC3=O)CC[C@@]21C.C[C@H](CCC(=O)O)[C@H]1CCC2C3C(CC[C@@]21C)[C@@]1(C)CC[C@H](O)C[C@@]1(O)[C@@H]3C=O. The molecule has 814 valence electrons. The second-order valence-corrected chi connectivity index (χ2v) is 55.7. The molecule has 1 aliphatic heterocycles. The summed E-state index contributed by atoms with van der Waals surface area (Å²) < 4.78 is 6.09. The van der Waals surface area contributed by atoms with E-state index in [9.17, 15) is 73.2 Å². The Labute approximate surface area is 868 Å². The molecule has 19 nitrogen and oxygen atoms in total. The van der Waals surface area contributed by atoms with Gasteiger partial charge in [0.2, 0.25) is 0 Å². The molecule has 0 aromatic rings. The van der Waals surface area contributed by atoms with Gasteiger partial charge in [0.15, 0.2) is 0 Å². The minimum Gasteiger partial charge on any atom is -0.481 e. The summed E-state index contributed by atoms with van der Waals surface area (Å²) in [4.78, 5) is 131. The van der Waals surface area contributed by atoms with Gasteiger partial charge in [-0.25, -0.2) is 0 Å². The van der Waals surface area contributed by atoms with E-state index in [0.29, 0.717) is 164 Å². The summed E-state index contributed by atoms with van der Waals surface area (Å²) in [6.07, 6.45) is 54.3. The topological polar surface area (TPSA) is 339 Å². The first kappa shape index (κ1) is 116. The summed E-state index contributed by atoms with van der Waals surface area (Å²) in [5.41, 5.74) is 1.24. The fraction of sp³-hybridized carbons (Fsp3) is 0.880. The van der Waals surface area contributed by atoms with Gasteiger partial charge in [-0.1, -0.05) is 175 Å². The minimum absolute atomic E-state index is 0.0312. The highest BCUT2D eigenvalue weighted by Gasteiger charge is 2.74. The number of aliphatic hydroxyl groups is 4. The number of carboxylic acid groups (broad SMARTS) is 3. The van der Waals surface area contributed by atoms with Gasteiger partial charge in [0.1, 0.15) is 48.6 Å². The Morgan fingerprint density at radius 1 is 0.403 bits per heavy atom. The minimum atomic E-state index is -1.10. The zero-order valence-electron chi connectivity index (χ0n) is 93.1.